The first-order chi connectivity index (χ1) is 6.86. The minimum atomic E-state index is 0.644. The topological polar surface area (TPSA) is 21.3 Å². The monoisotopic (exact) mass is 215 g/mol. The van der Waals surface area contributed by atoms with Gasteiger partial charge in [-0.05, 0) is 43.6 Å². The van der Waals surface area contributed by atoms with Crippen molar-refractivity contribution in [1.29, 1.82) is 0 Å². The van der Waals surface area contributed by atoms with Gasteiger partial charge in [-0.25, -0.2) is 0 Å². The zero-order valence-electron chi connectivity index (χ0n) is 9.00. The summed E-state index contributed by atoms with van der Waals surface area (Å²) < 4.78 is 5.42. The van der Waals surface area contributed by atoms with Crippen LogP contribution < -0.4 is 5.32 Å². The van der Waals surface area contributed by atoms with Gasteiger partial charge >= 0.3 is 0 Å². The van der Waals surface area contributed by atoms with Crippen molar-refractivity contribution in [3.05, 3.63) is 0 Å². The molecular weight excluding hydrogens is 194 g/mol. The summed E-state index contributed by atoms with van der Waals surface area (Å²) in [4.78, 5) is 0. The molecule has 14 heavy (non-hydrogen) atoms. The van der Waals surface area contributed by atoms with E-state index in [9.17, 15) is 0 Å². The maximum atomic E-state index is 5.42. The molecule has 0 aromatic rings. The number of hydrogen-bond donors (Lipinski definition) is 1. The molecule has 0 saturated carbocycles. The second-order valence-electron chi connectivity index (χ2n) is 4.47. The summed E-state index contributed by atoms with van der Waals surface area (Å²) >= 11 is 2.09. The summed E-state index contributed by atoms with van der Waals surface area (Å²) in [6, 6.07) is 1.41. The summed E-state index contributed by atoms with van der Waals surface area (Å²) in [6.07, 6.45) is 3.95. The van der Waals surface area contributed by atoms with Crippen LogP contribution in [0.2, 0.25) is 0 Å². The second-order valence-corrected chi connectivity index (χ2v) is 5.69. The summed E-state index contributed by atoms with van der Waals surface area (Å²) in [5, 5.41) is 3.77. The van der Waals surface area contributed by atoms with Crippen molar-refractivity contribution in [2.45, 2.75) is 38.3 Å². The quantitative estimate of drug-likeness (QED) is 0.777. The SMILES string of the molecule is CC(NC1CCSCC1)C1CCOC1. The normalized spacial score (nSPS) is 31.9. The van der Waals surface area contributed by atoms with Gasteiger partial charge in [0.1, 0.15) is 0 Å². The van der Waals surface area contributed by atoms with Crippen molar-refractivity contribution in [1.82, 2.24) is 5.32 Å². The van der Waals surface area contributed by atoms with E-state index in [0.717, 1.165) is 25.2 Å². The number of hydrogen-bond acceptors (Lipinski definition) is 3. The molecule has 82 valence electrons. The number of nitrogens with one attached hydrogen (secondary N) is 1. The fourth-order valence-corrected chi connectivity index (χ4v) is 3.43. The molecule has 2 heterocycles. The molecule has 2 saturated heterocycles. The Morgan fingerprint density at radius 2 is 2.07 bits per heavy atom. The predicted octanol–water partition coefficient (Wildman–Crippen LogP) is 1.90. The van der Waals surface area contributed by atoms with E-state index in [-0.39, 0.29) is 0 Å². The number of rotatable bonds is 3. The Bertz CT molecular complexity index is 165. The second kappa shape index (κ2) is 5.38. The van der Waals surface area contributed by atoms with Crippen LogP contribution in [0.4, 0.5) is 0 Å². The standard InChI is InChI=1S/C11H21NOS/c1-9(10-2-5-13-8-10)12-11-3-6-14-7-4-11/h9-12H,2-8H2,1H3. The molecule has 0 spiro atoms. The lowest BCUT2D eigenvalue weighted by atomic mass is 9.99. The average molecular weight is 215 g/mol. The molecule has 0 radical (unpaired) electrons. The van der Waals surface area contributed by atoms with E-state index < -0.39 is 0 Å². The highest BCUT2D eigenvalue weighted by atomic mass is 32.2. The zero-order chi connectivity index (χ0) is 9.80. The molecule has 2 nitrogen and oxygen atoms in total. The largest absolute Gasteiger partial charge is 0.381 e. The lowest BCUT2D eigenvalue weighted by Crippen LogP contribution is -2.42. The fourth-order valence-electron chi connectivity index (χ4n) is 2.32. The van der Waals surface area contributed by atoms with Gasteiger partial charge in [0.25, 0.3) is 0 Å². The molecule has 2 unspecified atom stereocenters. The van der Waals surface area contributed by atoms with Crippen LogP contribution in [-0.4, -0.2) is 36.8 Å². The van der Waals surface area contributed by atoms with Crippen LogP contribution in [0.1, 0.15) is 26.2 Å². The summed E-state index contributed by atoms with van der Waals surface area (Å²) in [6.45, 7) is 4.26. The first kappa shape index (κ1) is 10.8. The molecule has 3 heteroatoms. The van der Waals surface area contributed by atoms with E-state index in [1.54, 1.807) is 0 Å². The number of thioether (sulfide) groups is 1. The molecule has 1 N–H and O–H groups in total. The van der Waals surface area contributed by atoms with E-state index in [4.69, 9.17) is 4.74 Å². The molecule has 0 aromatic carbocycles. The van der Waals surface area contributed by atoms with Crippen molar-refractivity contribution in [2.24, 2.45) is 5.92 Å². The Kier molecular flexibility index (Phi) is 4.14. The third-order valence-electron chi connectivity index (χ3n) is 3.39. The molecule has 0 amide bonds. The molecule has 2 aliphatic heterocycles. The fraction of sp³-hybridized carbons (Fsp3) is 1.00. The third-order valence-corrected chi connectivity index (χ3v) is 4.44. The van der Waals surface area contributed by atoms with Crippen molar-refractivity contribution in [3.63, 3.8) is 0 Å². The Hall–Kier alpha value is 0.270. The molecule has 2 rings (SSSR count). The third kappa shape index (κ3) is 2.88. The molecule has 0 bridgehead atoms. The van der Waals surface area contributed by atoms with Crippen LogP contribution in [-0.2, 0) is 4.74 Å². The lowest BCUT2D eigenvalue weighted by Gasteiger charge is -2.28. The Balaban J connectivity index is 1.72. The van der Waals surface area contributed by atoms with Crippen LogP contribution in [0.3, 0.4) is 0 Å². The highest BCUT2D eigenvalue weighted by Gasteiger charge is 2.24. The Morgan fingerprint density at radius 3 is 2.71 bits per heavy atom. The van der Waals surface area contributed by atoms with E-state index in [1.165, 1.54) is 30.8 Å². The molecular formula is C11H21NOS. The van der Waals surface area contributed by atoms with Crippen LogP contribution in [0.15, 0.2) is 0 Å². The van der Waals surface area contributed by atoms with Gasteiger partial charge in [-0.15, -0.1) is 0 Å². The molecule has 2 aliphatic rings. The first-order valence-electron chi connectivity index (χ1n) is 5.78. The highest BCUT2D eigenvalue weighted by molar-refractivity contribution is 7.99. The van der Waals surface area contributed by atoms with Crippen LogP contribution in [0.25, 0.3) is 0 Å². The van der Waals surface area contributed by atoms with E-state index in [0.29, 0.717) is 6.04 Å². The van der Waals surface area contributed by atoms with Gasteiger partial charge in [0.15, 0.2) is 0 Å². The highest BCUT2D eigenvalue weighted by Crippen LogP contribution is 2.21. The van der Waals surface area contributed by atoms with Crippen molar-refractivity contribution in [2.75, 3.05) is 24.7 Å². The van der Waals surface area contributed by atoms with Crippen molar-refractivity contribution >= 4 is 11.8 Å². The minimum Gasteiger partial charge on any atom is -0.381 e. The average Bonchev–Trinajstić information content (AvgIpc) is 2.72. The molecule has 2 atom stereocenters. The lowest BCUT2D eigenvalue weighted by molar-refractivity contribution is 0.176. The molecule has 2 fully saturated rings. The van der Waals surface area contributed by atoms with Crippen LogP contribution in [0, 0.1) is 5.92 Å². The maximum absolute atomic E-state index is 5.42. The van der Waals surface area contributed by atoms with E-state index >= 15 is 0 Å². The molecule has 0 aliphatic carbocycles. The Morgan fingerprint density at radius 1 is 1.29 bits per heavy atom. The maximum Gasteiger partial charge on any atom is 0.0509 e. The minimum absolute atomic E-state index is 0.644. The van der Waals surface area contributed by atoms with Gasteiger partial charge in [0, 0.05) is 18.7 Å². The van der Waals surface area contributed by atoms with Gasteiger partial charge in [-0.2, -0.15) is 11.8 Å². The zero-order valence-corrected chi connectivity index (χ0v) is 9.81. The summed E-state index contributed by atoms with van der Waals surface area (Å²) in [5.74, 6) is 3.43. The van der Waals surface area contributed by atoms with Crippen LogP contribution in [0.5, 0.6) is 0 Å². The summed E-state index contributed by atoms with van der Waals surface area (Å²) in [5.41, 5.74) is 0. The number of ether oxygens (including phenoxy) is 1. The predicted molar refractivity (Wildman–Crippen MR) is 61.9 cm³/mol. The first-order valence-corrected chi connectivity index (χ1v) is 6.93. The summed E-state index contributed by atoms with van der Waals surface area (Å²) in [7, 11) is 0. The van der Waals surface area contributed by atoms with Gasteiger partial charge in [-0.3, -0.25) is 0 Å². The van der Waals surface area contributed by atoms with Crippen molar-refractivity contribution < 1.29 is 4.74 Å². The smallest absolute Gasteiger partial charge is 0.0509 e. The Labute approximate surface area is 91.2 Å². The van der Waals surface area contributed by atoms with Gasteiger partial charge in [0.05, 0.1) is 6.61 Å². The van der Waals surface area contributed by atoms with Gasteiger partial charge in [0.2, 0.25) is 0 Å². The van der Waals surface area contributed by atoms with E-state index in [1.807, 2.05) is 0 Å². The molecule has 0 aromatic heterocycles. The van der Waals surface area contributed by atoms with Crippen LogP contribution >= 0.6 is 11.8 Å². The van der Waals surface area contributed by atoms with Gasteiger partial charge in [-0.1, -0.05) is 0 Å². The van der Waals surface area contributed by atoms with Gasteiger partial charge < -0.3 is 10.1 Å². The van der Waals surface area contributed by atoms with Crippen molar-refractivity contribution in [3.8, 4) is 0 Å². The van der Waals surface area contributed by atoms with E-state index in [2.05, 4.69) is 24.0 Å².